The first-order valence-electron chi connectivity index (χ1n) is 9.33. The Morgan fingerprint density at radius 3 is 2.41 bits per heavy atom. The molecule has 0 aliphatic carbocycles. The fraction of sp³-hybridized carbons (Fsp3) is 0.227. The second-order valence-electron chi connectivity index (χ2n) is 6.94. The number of nitrogens with zero attached hydrogens (tertiary/aromatic N) is 3. The maximum Gasteiger partial charge on any atom is 0.307 e. The number of aryl methyl sites for hydroxylation is 3. The third-order valence-electron chi connectivity index (χ3n) is 4.93. The Hall–Kier alpha value is -2.64. The first-order valence-corrected chi connectivity index (χ1v) is 11.2. The van der Waals surface area contributed by atoms with Gasteiger partial charge < -0.3 is 4.57 Å². The number of benzene rings is 2. The molecule has 0 bridgehead atoms. The molecule has 2 aromatic carbocycles. The summed E-state index contributed by atoms with van der Waals surface area (Å²) < 4.78 is 3.49. The van der Waals surface area contributed by atoms with Crippen LogP contribution in [-0.4, -0.2) is 19.9 Å². The van der Waals surface area contributed by atoms with E-state index in [4.69, 9.17) is 4.98 Å². The van der Waals surface area contributed by atoms with Gasteiger partial charge in [0.2, 0.25) is 0 Å². The minimum Gasteiger partial charge on any atom is -0.303 e. The first-order chi connectivity index (χ1) is 14.0. The molecule has 2 aromatic heterocycles. The summed E-state index contributed by atoms with van der Waals surface area (Å²) in [4.78, 5) is 30.2. The summed E-state index contributed by atoms with van der Waals surface area (Å²) in [6.45, 7) is 6.52. The van der Waals surface area contributed by atoms with Crippen molar-refractivity contribution in [2.24, 2.45) is 0 Å². The maximum atomic E-state index is 13.4. The van der Waals surface area contributed by atoms with Crippen LogP contribution < -0.4 is 10.4 Å². The van der Waals surface area contributed by atoms with Crippen LogP contribution in [0.4, 0.5) is 0 Å². The zero-order valence-corrected chi connectivity index (χ0v) is 18.1. The quantitative estimate of drug-likeness (QED) is 0.354. The number of thioether (sulfide) groups is 1. The molecule has 0 spiro atoms. The molecule has 0 aliphatic rings. The fourth-order valence-electron chi connectivity index (χ4n) is 3.47. The van der Waals surface area contributed by atoms with Crippen LogP contribution in [0.2, 0.25) is 0 Å². The predicted octanol–water partition coefficient (Wildman–Crippen LogP) is 4.33. The molecule has 5 nitrogen and oxygen atoms in total. The molecule has 0 amide bonds. The van der Waals surface area contributed by atoms with Gasteiger partial charge in [0.1, 0.15) is 0 Å². The van der Waals surface area contributed by atoms with Crippen molar-refractivity contribution in [2.75, 3.05) is 5.75 Å². The molecule has 0 fully saturated rings. The number of para-hydroxylation sites is 2. The molecule has 4 rings (SSSR count). The van der Waals surface area contributed by atoms with Gasteiger partial charge >= 0.3 is 4.87 Å². The summed E-state index contributed by atoms with van der Waals surface area (Å²) in [6.07, 6.45) is 0. The van der Waals surface area contributed by atoms with Crippen molar-refractivity contribution in [2.45, 2.75) is 32.5 Å². The predicted molar refractivity (Wildman–Crippen MR) is 121 cm³/mol. The molecular weight excluding hydrogens is 402 g/mol. The van der Waals surface area contributed by atoms with Gasteiger partial charge in [-0.3, -0.25) is 14.2 Å². The minimum atomic E-state index is -0.0700. The highest BCUT2D eigenvalue weighted by Crippen LogP contribution is 2.25. The van der Waals surface area contributed by atoms with Crippen LogP contribution in [0.15, 0.2) is 62.6 Å². The van der Waals surface area contributed by atoms with Crippen LogP contribution in [0.3, 0.4) is 0 Å². The Bertz CT molecular complexity index is 1300. The normalized spacial score (nSPS) is 11.3. The van der Waals surface area contributed by atoms with Crippen molar-refractivity contribution in [3.05, 3.63) is 84.7 Å². The highest BCUT2D eigenvalue weighted by atomic mass is 32.2. The summed E-state index contributed by atoms with van der Waals surface area (Å²) >= 11 is 2.71. The monoisotopic (exact) mass is 423 g/mol. The van der Waals surface area contributed by atoms with E-state index in [2.05, 4.69) is 0 Å². The topological polar surface area (TPSA) is 56.9 Å². The molecule has 0 radical (unpaired) electrons. The second-order valence-corrected chi connectivity index (χ2v) is 8.82. The smallest absolute Gasteiger partial charge is 0.303 e. The van der Waals surface area contributed by atoms with Gasteiger partial charge in [0.05, 0.1) is 16.6 Å². The number of aromatic nitrogens is 3. The molecule has 0 unspecified atom stereocenters. The Kier molecular flexibility index (Phi) is 5.43. The minimum absolute atomic E-state index is 0.0432. The van der Waals surface area contributed by atoms with Crippen molar-refractivity contribution in [1.82, 2.24) is 14.1 Å². The molecule has 0 N–H and O–H groups in total. The molecule has 0 saturated carbocycles. The Labute approximate surface area is 176 Å². The molecule has 29 heavy (non-hydrogen) atoms. The van der Waals surface area contributed by atoms with Crippen molar-refractivity contribution in [3.63, 3.8) is 0 Å². The highest BCUT2D eigenvalue weighted by Gasteiger charge is 2.16. The number of fused-ring (bicyclic) bond motifs is 1. The molecule has 148 valence electrons. The molecule has 0 saturated heterocycles. The van der Waals surface area contributed by atoms with Gasteiger partial charge in [-0.05, 0) is 44.0 Å². The fourth-order valence-corrected chi connectivity index (χ4v) is 5.15. The van der Waals surface area contributed by atoms with E-state index in [0.29, 0.717) is 28.4 Å². The highest BCUT2D eigenvalue weighted by molar-refractivity contribution is 7.99. The molecule has 4 aromatic rings. The first kappa shape index (κ1) is 19.7. The van der Waals surface area contributed by atoms with E-state index in [9.17, 15) is 9.59 Å². The lowest BCUT2D eigenvalue weighted by molar-refractivity contribution is 0.727. The lowest BCUT2D eigenvalue weighted by Crippen LogP contribution is -2.24. The molecule has 0 aliphatic heterocycles. The zero-order valence-electron chi connectivity index (χ0n) is 16.5. The van der Waals surface area contributed by atoms with Gasteiger partial charge in [-0.1, -0.05) is 53.4 Å². The van der Waals surface area contributed by atoms with E-state index in [1.807, 2.05) is 68.6 Å². The Morgan fingerprint density at radius 2 is 1.72 bits per heavy atom. The van der Waals surface area contributed by atoms with Crippen LogP contribution >= 0.6 is 23.1 Å². The summed E-state index contributed by atoms with van der Waals surface area (Å²) in [5.41, 5.74) is 4.50. The summed E-state index contributed by atoms with van der Waals surface area (Å²) in [6, 6.07) is 13.4. The summed E-state index contributed by atoms with van der Waals surface area (Å²) in [7, 11) is 0. The number of rotatable bonds is 5. The van der Waals surface area contributed by atoms with E-state index >= 15 is 0 Å². The molecular formula is C22H21N3O2S2. The van der Waals surface area contributed by atoms with Crippen molar-refractivity contribution in [3.8, 4) is 5.69 Å². The van der Waals surface area contributed by atoms with Crippen molar-refractivity contribution in [1.29, 1.82) is 0 Å². The SMILES string of the molecule is Cc1cccc(C)c1-n1c(SCCn2c(C)csc2=O)nc2ccccc2c1=O. The number of hydrogen-bond donors (Lipinski definition) is 0. The van der Waals surface area contributed by atoms with Crippen LogP contribution in [0.25, 0.3) is 16.6 Å². The van der Waals surface area contributed by atoms with E-state index in [-0.39, 0.29) is 10.4 Å². The zero-order chi connectivity index (χ0) is 20.5. The summed E-state index contributed by atoms with van der Waals surface area (Å²) in [5, 5.41) is 3.12. The van der Waals surface area contributed by atoms with Crippen molar-refractivity contribution >= 4 is 34.0 Å². The average Bonchev–Trinajstić information content (AvgIpc) is 3.02. The van der Waals surface area contributed by atoms with Crippen LogP contribution in [0.1, 0.15) is 16.8 Å². The summed E-state index contributed by atoms with van der Waals surface area (Å²) in [5.74, 6) is 0.646. The molecule has 7 heteroatoms. The van der Waals surface area contributed by atoms with E-state index in [0.717, 1.165) is 22.5 Å². The van der Waals surface area contributed by atoms with Crippen LogP contribution in [0, 0.1) is 20.8 Å². The lowest BCUT2D eigenvalue weighted by atomic mass is 10.1. The van der Waals surface area contributed by atoms with Gasteiger partial charge in [-0.25, -0.2) is 4.98 Å². The Balaban J connectivity index is 1.82. The van der Waals surface area contributed by atoms with Gasteiger partial charge in [0.15, 0.2) is 5.16 Å². The van der Waals surface area contributed by atoms with E-state index in [1.54, 1.807) is 9.13 Å². The van der Waals surface area contributed by atoms with Crippen LogP contribution in [-0.2, 0) is 6.54 Å². The molecule has 0 atom stereocenters. The standard InChI is InChI=1S/C22H21N3O2S2/c1-14-7-6-8-15(2)19(14)25-20(26)17-9-4-5-10-18(17)23-21(25)28-12-11-24-16(3)13-29-22(24)27/h4-10,13H,11-12H2,1-3H3. The molecule has 2 heterocycles. The van der Waals surface area contributed by atoms with Gasteiger partial charge in [-0.15, -0.1) is 0 Å². The van der Waals surface area contributed by atoms with Gasteiger partial charge in [-0.2, -0.15) is 0 Å². The average molecular weight is 424 g/mol. The number of hydrogen-bond acceptors (Lipinski definition) is 5. The third-order valence-corrected chi connectivity index (χ3v) is 6.73. The maximum absolute atomic E-state index is 13.4. The Morgan fingerprint density at radius 1 is 1.00 bits per heavy atom. The van der Waals surface area contributed by atoms with Crippen LogP contribution in [0.5, 0.6) is 0 Å². The second kappa shape index (κ2) is 8.00. The van der Waals surface area contributed by atoms with Crippen molar-refractivity contribution < 1.29 is 0 Å². The largest absolute Gasteiger partial charge is 0.307 e. The van der Waals surface area contributed by atoms with Gasteiger partial charge in [0, 0.05) is 23.4 Å². The third kappa shape index (κ3) is 3.68. The van der Waals surface area contributed by atoms with E-state index in [1.165, 1.54) is 23.1 Å². The van der Waals surface area contributed by atoms with Gasteiger partial charge in [0.25, 0.3) is 5.56 Å². The lowest BCUT2D eigenvalue weighted by Gasteiger charge is -2.17. The number of thiazole rings is 1. The van der Waals surface area contributed by atoms with E-state index < -0.39 is 0 Å².